The molecule has 0 saturated heterocycles. The maximum atomic E-state index is 6.15. The number of rotatable bonds is 2. The molecule has 0 bridgehead atoms. The molecule has 1 aliphatic rings. The third-order valence-corrected chi connectivity index (χ3v) is 4.18. The number of nitrogens with two attached hydrogens (primary N) is 1. The van der Waals surface area contributed by atoms with Crippen LogP contribution in [0.1, 0.15) is 11.1 Å². The predicted octanol–water partition coefficient (Wildman–Crippen LogP) is 3.38. The topological polar surface area (TPSA) is 42.1 Å². The third-order valence-electron chi connectivity index (χ3n) is 4.18. The van der Waals surface area contributed by atoms with E-state index in [2.05, 4.69) is 46.3 Å². The summed E-state index contributed by atoms with van der Waals surface area (Å²) in [4.78, 5) is 6.91. The van der Waals surface area contributed by atoms with Crippen molar-refractivity contribution in [1.29, 1.82) is 0 Å². The third kappa shape index (κ3) is 2.11. The van der Waals surface area contributed by atoms with Crippen LogP contribution in [0.4, 0.5) is 11.5 Å². The van der Waals surface area contributed by atoms with Gasteiger partial charge in [-0.3, -0.25) is 0 Å². The van der Waals surface area contributed by atoms with Gasteiger partial charge in [-0.1, -0.05) is 36.4 Å². The molecule has 0 unspecified atom stereocenters. The predicted molar refractivity (Wildman–Crippen MR) is 87.4 cm³/mol. The number of pyridine rings is 1. The van der Waals surface area contributed by atoms with Gasteiger partial charge in [0.05, 0.1) is 5.52 Å². The van der Waals surface area contributed by atoms with Gasteiger partial charge in [0.1, 0.15) is 5.82 Å². The van der Waals surface area contributed by atoms with Gasteiger partial charge in [-0.25, -0.2) is 4.98 Å². The zero-order chi connectivity index (χ0) is 14.2. The van der Waals surface area contributed by atoms with Crippen LogP contribution >= 0.6 is 0 Å². The molecular formula is C18H17N3. The van der Waals surface area contributed by atoms with Crippen molar-refractivity contribution in [2.75, 3.05) is 17.2 Å². The van der Waals surface area contributed by atoms with Crippen LogP contribution in [0.2, 0.25) is 0 Å². The van der Waals surface area contributed by atoms with Crippen LogP contribution in [-0.4, -0.2) is 11.5 Å². The highest BCUT2D eigenvalue weighted by molar-refractivity contribution is 5.81. The number of aromatic nitrogens is 1. The van der Waals surface area contributed by atoms with Crippen LogP contribution in [0.25, 0.3) is 10.9 Å². The molecule has 0 amide bonds. The van der Waals surface area contributed by atoms with Gasteiger partial charge in [-0.15, -0.1) is 0 Å². The lowest BCUT2D eigenvalue weighted by Gasteiger charge is -2.20. The Morgan fingerprint density at radius 3 is 2.81 bits per heavy atom. The first-order valence-electron chi connectivity index (χ1n) is 7.28. The highest BCUT2D eigenvalue weighted by Crippen LogP contribution is 2.30. The number of anilines is 2. The first-order chi connectivity index (χ1) is 10.3. The Hall–Kier alpha value is -2.55. The fraction of sp³-hybridized carbons (Fsp3) is 0.167. The number of nitrogens with zero attached hydrogens (tertiary/aromatic N) is 2. The lowest BCUT2D eigenvalue weighted by Crippen LogP contribution is -2.20. The summed E-state index contributed by atoms with van der Waals surface area (Å²) < 4.78 is 0. The minimum Gasteiger partial charge on any atom is -0.383 e. The number of hydrogen-bond acceptors (Lipinski definition) is 3. The molecule has 0 saturated carbocycles. The van der Waals surface area contributed by atoms with Gasteiger partial charge in [0.2, 0.25) is 0 Å². The number of benzene rings is 2. The summed E-state index contributed by atoms with van der Waals surface area (Å²) in [6, 6.07) is 18.9. The maximum absolute atomic E-state index is 6.15. The highest BCUT2D eigenvalue weighted by Gasteiger charge is 2.19. The number of hydrogen-bond donors (Lipinski definition) is 1. The molecule has 1 aliphatic heterocycles. The van der Waals surface area contributed by atoms with E-state index in [1.54, 1.807) is 0 Å². The van der Waals surface area contributed by atoms with Gasteiger partial charge in [-0.2, -0.15) is 0 Å². The average Bonchev–Trinajstić information content (AvgIpc) is 2.91. The van der Waals surface area contributed by atoms with E-state index in [9.17, 15) is 0 Å². The molecule has 3 heteroatoms. The van der Waals surface area contributed by atoms with Crippen LogP contribution in [0.5, 0.6) is 0 Å². The summed E-state index contributed by atoms with van der Waals surface area (Å²) in [7, 11) is 0. The molecule has 0 fully saturated rings. The van der Waals surface area contributed by atoms with E-state index < -0.39 is 0 Å². The molecule has 2 aromatic carbocycles. The van der Waals surface area contributed by atoms with E-state index in [1.807, 2.05) is 18.2 Å². The minimum atomic E-state index is 0.637. The average molecular weight is 275 g/mol. The summed E-state index contributed by atoms with van der Waals surface area (Å²) in [5.41, 5.74) is 11.0. The van der Waals surface area contributed by atoms with Gasteiger partial charge >= 0.3 is 0 Å². The standard InChI is InChI=1S/C18H17N3/c19-18-15(11-14-6-1-3-7-16(14)20-18)12-21-10-9-13-5-2-4-8-17(13)21/h1-8,11H,9-10,12H2,(H2,19,20). The first kappa shape index (κ1) is 12.2. The van der Waals surface area contributed by atoms with Crippen LogP contribution in [0.15, 0.2) is 54.6 Å². The van der Waals surface area contributed by atoms with Crippen molar-refractivity contribution in [2.24, 2.45) is 0 Å². The van der Waals surface area contributed by atoms with E-state index in [0.29, 0.717) is 5.82 Å². The molecule has 0 aliphatic carbocycles. The maximum Gasteiger partial charge on any atom is 0.129 e. The van der Waals surface area contributed by atoms with Crippen molar-refractivity contribution < 1.29 is 0 Å². The Morgan fingerprint density at radius 1 is 1.05 bits per heavy atom. The second-order valence-electron chi connectivity index (χ2n) is 5.53. The summed E-state index contributed by atoms with van der Waals surface area (Å²) in [6.07, 6.45) is 1.11. The zero-order valence-electron chi connectivity index (χ0n) is 11.8. The Bertz CT molecular complexity index is 810. The second kappa shape index (κ2) is 4.77. The van der Waals surface area contributed by atoms with Crippen LogP contribution in [-0.2, 0) is 13.0 Å². The fourth-order valence-corrected chi connectivity index (χ4v) is 3.08. The molecule has 0 atom stereocenters. The molecule has 104 valence electrons. The molecule has 3 aromatic rings. The molecule has 2 N–H and O–H groups in total. The Morgan fingerprint density at radius 2 is 1.86 bits per heavy atom. The van der Waals surface area contributed by atoms with Crippen molar-refractivity contribution in [3.63, 3.8) is 0 Å². The molecular weight excluding hydrogens is 258 g/mol. The van der Waals surface area contributed by atoms with Gasteiger partial charge in [0.15, 0.2) is 0 Å². The van der Waals surface area contributed by atoms with Crippen LogP contribution < -0.4 is 10.6 Å². The molecule has 1 aromatic heterocycles. The summed E-state index contributed by atoms with van der Waals surface area (Å²) in [5.74, 6) is 0.637. The van der Waals surface area contributed by atoms with Crippen molar-refractivity contribution in [1.82, 2.24) is 4.98 Å². The monoisotopic (exact) mass is 275 g/mol. The van der Waals surface area contributed by atoms with E-state index in [0.717, 1.165) is 36.0 Å². The second-order valence-corrected chi connectivity index (χ2v) is 5.53. The van der Waals surface area contributed by atoms with Gasteiger partial charge < -0.3 is 10.6 Å². The first-order valence-corrected chi connectivity index (χ1v) is 7.28. The SMILES string of the molecule is Nc1nc2ccccc2cc1CN1CCc2ccccc21. The fourth-order valence-electron chi connectivity index (χ4n) is 3.08. The number of para-hydroxylation sites is 2. The van der Waals surface area contributed by atoms with Gasteiger partial charge in [0, 0.05) is 29.7 Å². The summed E-state index contributed by atoms with van der Waals surface area (Å²) in [6.45, 7) is 1.87. The van der Waals surface area contributed by atoms with E-state index in [4.69, 9.17) is 5.73 Å². The van der Waals surface area contributed by atoms with E-state index in [-0.39, 0.29) is 0 Å². The Balaban J connectivity index is 1.70. The van der Waals surface area contributed by atoms with Crippen LogP contribution in [0.3, 0.4) is 0 Å². The number of nitrogen functional groups attached to an aromatic ring is 1. The molecule has 21 heavy (non-hydrogen) atoms. The molecule has 4 rings (SSSR count). The normalized spacial score (nSPS) is 13.6. The molecule has 0 spiro atoms. The Labute approximate surface area is 124 Å². The van der Waals surface area contributed by atoms with Gasteiger partial charge in [0.25, 0.3) is 0 Å². The summed E-state index contributed by atoms with van der Waals surface area (Å²) >= 11 is 0. The molecule has 3 nitrogen and oxygen atoms in total. The summed E-state index contributed by atoms with van der Waals surface area (Å²) in [5, 5.41) is 1.15. The van der Waals surface area contributed by atoms with Crippen molar-refractivity contribution in [3.05, 3.63) is 65.7 Å². The van der Waals surface area contributed by atoms with Crippen LogP contribution in [0, 0.1) is 0 Å². The largest absolute Gasteiger partial charge is 0.383 e. The smallest absolute Gasteiger partial charge is 0.129 e. The van der Waals surface area contributed by atoms with Crippen molar-refractivity contribution >= 4 is 22.4 Å². The molecule has 0 radical (unpaired) electrons. The Kier molecular flexibility index (Phi) is 2.78. The van der Waals surface area contributed by atoms with E-state index in [1.165, 1.54) is 11.3 Å². The zero-order valence-corrected chi connectivity index (χ0v) is 11.8. The van der Waals surface area contributed by atoms with Crippen molar-refractivity contribution in [2.45, 2.75) is 13.0 Å². The lowest BCUT2D eigenvalue weighted by atomic mass is 10.1. The lowest BCUT2D eigenvalue weighted by molar-refractivity contribution is 0.836. The highest BCUT2D eigenvalue weighted by atomic mass is 15.1. The van der Waals surface area contributed by atoms with Gasteiger partial charge in [-0.05, 0) is 30.2 Å². The van der Waals surface area contributed by atoms with E-state index >= 15 is 0 Å². The quantitative estimate of drug-likeness (QED) is 0.779. The number of fused-ring (bicyclic) bond motifs is 2. The molecule has 2 heterocycles. The minimum absolute atomic E-state index is 0.637. The van der Waals surface area contributed by atoms with Crippen molar-refractivity contribution in [3.8, 4) is 0 Å².